The molecule has 7 nitrogen and oxygen atoms in total. The third-order valence-electron chi connectivity index (χ3n) is 2.91. The number of hydrogen-bond acceptors (Lipinski definition) is 6. The molecule has 0 saturated carbocycles. The molecular weight excluding hydrogens is 368 g/mol. The van der Waals surface area contributed by atoms with E-state index in [-0.39, 0.29) is 5.76 Å². The Morgan fingerprint density at radius 3 is 2.30 bits per heavy atom. The first kappa shape index (κ1) is 16.9. The Hall–Kier alpha value is -2.48. The van der Waals surface area contributed by atoms with Crippen molar-refractivity contribution in [3.63, 3.8) is 0 Å². The number of carbonyl (C=O) groups excluding carboxylic acids is 1. The predicted molar refractivity (Wildman–Crippen MR) is 87.6 cm³/mol. The highest BCUT2D eigenvalue weighted by Gasteiger charge is 2.12. The van der Waals surface area contributed by atoms with E-state index >= 15 is 0 Å². The summed E-state index contributed by atoms with van der Waals surface area (Å²) < 4.78 is 21.3. The van der Waals surface area contributed by atoms with Gasteiger partial charge in [-0.05, 0) is 28.1 Å². The van der Waals surface area contributed by atoms with E-state index in [9.17, 15) is 4.79 Å². The largest absolute Gasteiger partial charge is 0.496 e. The van der Waals surface area contributed by atoms with E-state index in [4.69, 9.17) is 18.6 Å². The standard InChI is InChI=1S/C15H15BrN2O5/c1-20-9-6-12(21-2)10(13(7-9)22-3)8-17-18-15(19)11-4-5-14(16)23-11/h4-8H,1-3H3,(H,18,19)/b17-8+. The number of nitrogens with zero attached hydrogens (tertiary/aromatic N) is 1. The molecule has 1 heterocycles. The zero-order chi connectivity index (χ0) is 16.8. The lowest BCUT2D eigenvalue weighted by atomic mass is 10.2. The summed E-state index contributed by atoms with van der Waals surface area (Å²) in [4.78, 5) is 11.8. The monoisotopic (exact) mass is 382 g/mol. The Labute approximate surface area is 141 Å². The van der Waals surface area contributed by atoms with Crippen LogP contribution in [0.15, 0.2) is 38.5 Å². The average molecular weight is 383 g/mol. The van der Waals surface area contributed by atoms with Crippen LogP contribution in [0.4, 0.5) is 0 Å². The number of benzene rings is 1. The second kappa shape index (κ2) is 7.68. The first-order valence-corrected chi connectivity index (χ1v) is 7.27. The van der Waals surface area contributed by atoms with Crippen molar-refractivity contribution in [2.45, 2.75) is 0 Å². The number of carbonyl (C=O) groups is 1. The molecule has 0 bridgehead atoms. The first-order valence-electron chi connectivity index (χ1n) is 6.47. The summed E-state index contributed by atoms with van der Waals surface area (Å²) in [6, 6.07) is 6.53. The Bertz CT molecular complexity index is 701. The van der Waals surface area contributed by atoms with Crippen LogP contribution in [0.2, 0.25) is 0 Å². The number of nitrogens with one attached hydrogen (secondary N) is 1. The maximum absolute atomic E-state index is 11.8. The topological polar surface area (TPSA) is 82.3 Å². The van der Waals surface area contributed by atoms with Crippen LogP contribution in [0.25, 0.3) is 0 Å². The van der Waals surface area contributed by atoms with Crippen LogP contribution in [0.1, 0.15) is 16.1 Å². The molecule has 0 unspecified atom stereocenters. The van der Waals surface area contributed by atoms with Gasteiger partial charge in [0, 0.05) is 12.1 Å². The van der Waals surface area contributed by atoms with Gasteiger partial charge in [-0.3, -0.25) is 4.79 Å². The molecule has 2 aromatic rings. The van der Waals surface area contributed by atoms with Crippen molar-refractivity contribution in [1.82, 2.24) is 5.43 Å². The van der Waals surface area contributed by atoms with E-state index < -0.39 is 5.91 Å². The number of hydrogen-bond donors (Lipinski definition) is 1. The van der Waals surface area contributed by atoms with Crippen LogP contribution in [0.3, 0.4) is 0 Å². The van der Waals surface area contributed by atoms with E-state index in [2.05, 4.69) is 26.5 Å². The lowest BCUT2D eigenvalue weighted by Gasteiger charge is -2.12. The van der Waals surface area contributed by atoms with E-state index in [1.165, 1.54) is 26.5 Å². The van der Waals surface area contributed by atoms with Gasteiger partial charge >= 0.3 is 5.91 Å². The minimum atomic E-state index is -0.474. The summed E-state index contributed by atoms with van der Waals surface area (Å²) in [5.74, 6) is 1.25. The fourth-order valence-electron chi connectivity index (χ4n) is 1.81. The summed E-state index contributed by atoms with van der Waals surface area (Å²) in [5.41, 5.74) is 2.93. The highest BCUT2D eigenvalue weighted by Crippen LogP contribution is 2.32. The fraction of sp³-hybridized carbons (Fsp3) is 0.200. The molecule has 1 N–H and O–H groups in total. The SMILES string of the molecule is COc1cc(OC)c(/C=N/NC(=O)c2ccc(Br)o2)c(OC)c1. The van der Waals surface area contributed by atoms with Crippen molar-refractivity contribution < 1.29 is 23.4 Å². The van der Waals surface area contributed by atoms with E-state index in [0.29, 0.717) is 27.5 Å². The average Bonchev–Trinajstić information content (AvgIpc) is 3.01. The molecule has 122 valence electrons. The van der Waals surface area contributed by atoms with E-state index in [1.54, 1.807) is 25.3 Å². The van der Waals surface area contributed by atoms with Crippen LogP contribution in [0, 0.1) is 0 Å². The van der Waals surface area contributed by atoms with Crippen LogP contribution < -0.4 is 19.6 Å². The molecule has 0 spiro atoms. The zero-order valence-corrected chi connectivity index (χ0v) is 14.3. The normalized spacial score (nSPS) is 10.6. The second-order valence-corrected chi connectivity index (χ2v) is 5.03. The molecule has 1 aromatic carbocycles. The quantitative estimate of drug-likeness (QED) is 0.613. The molecule has 23 heavy (non-hydrogen) atoms. The van der Waals surface area contributed by atoms with Crippen LogP contribution in [0.5, 0.6) is 17.2 Å². The van der Waals surface area contributed by atoms with Gasteiger partial charge in [0.2, 0.25) is 0 Å². The van der Waals surface area contributed by atoms with Crippen molar-refractivity contribution in [2.75, 3.05) is 21.3 Å². The van der Waals surface area contributed by atoms with Gasteiger partial charge in [-0.25, -0.2) is 5.43 Å². The van der Waals surface area contributed by atoms with Gasteiger partial charge in [-0.1, -0.05) is 0 Å². The minimum absolute atomic E-state index is 0.141. The third kappa shape index (κ3) is 4.04. The van der Waals surface area contributed by atoms with Crippen molar-refractivity contribution in [1.29, 1.82) is 0 Å². The molecule has 1 amide bonds. The summed E-state index contributed by atoms with van der Waals surface area (Å²) in [5, 5.41) is 3.90. The third-order valence-corrected chi connectivity index (χ3v) is 3.34. The van der Waals surface area contributed by atoms with Gasteiger partial charge in [-0.15, -0.1) is 0 Å². The highest BCUT2D eigenvalue weighted by molar-refractivity contribution is 9.10. The summed E-state index contributed by atoms with van der Waals surface area (Å²) >= 11 is 3.13. The molecule has 2 rings (SSSR count). The summed E-state index contributed by atoms with van der Waals surface area (Å²) in [7, 11) is 4.58. The van der Waals surface area contributed by atoms with Crippen LogP contribution >= 0.6 is 15.9 Å². The Balaban J connectivity index is 2.19. The Kier molecular flexibility index (Phi) is 5.64. The predicted octanol–water partition coefficient (Wildman–Crippen LogP) is 2.83. The molecule has 1 aromatic heterocycles. The molecule has 0 aliphatic carbocycles. The first-order chi connectivity index (χ1) is 11.1. The summed E-state index contributed by atoms with van der Waals surface area (Å²) in [6.45, 7) is 0. The van der Waals surface area contributed by atoms with E-state index in [1.807, 2.05) is 0 Å². The van der Waals surface area contributed by atoms with Gasteiger partial charge in [0.1, 0.15) is 17.2 Å². The Morgan fingerprint density at radius 1 is 1.17 bits per heavy atom. The van der Waals surface area contributed by atoms with Crippen molar-refractivity contribution in [3.8, 4) is 17.2 Å². The smallest absolute Gasteiger partial charge is 0.307 e. The number of furan rings is 1. The molecule has 0 radical (unpaired) electrons. The number of methoxy groups -OCH3 is 3. The lowest BCUT2D eigenvalue weighted by molar-refractivity contribution is 0.0926. The molecule has 0 fully saturated rings. The maximum Gasteiger partial charge on any atom is 0.307 e. The van der Waals surface area contributed by atoms with Gasteiger partial charge in [0.15, 0.2) is 10.4 Å². The lowest BCUT2D eigenvalue weighted by Crippen LogP contribution is -2.16. The van der Waals surface area contributed by atoms with Gasteiger partial charge in [-0.2, -0.15) is 5.10 Å². The number of ether oxygens (including phenoxy) is 3. The van der Waals surface area contributed by atoms with E-state index in [0.717, 1.165) is 0 Å². The molecule has 0 aliphatic heterocycles. The summed E-state index contributed by atoms with van der Waals surface area (Å²) in [6.07, 6.45) is 1.42. The second-order valence-electron chi connectivity index (χ2n) is 4.25. The van der Waals surface area contributed by atoms with Crippen LogP contribution in [-0.2, 0) is 0 Å². The molecule has 0 saturated heterocycles. The number of hydrazone groups is 1. The van der Waals surface area contributed by atoms with Crippen molar-refractivity contribution >= 4 is 28.1 Å². The highest BCUT2D eigenvalue weighted by atomic mass is 79.9. The number of rotatable bonds is 6. The van der Waals surface area contributed by atoms with Gasteiger partial charge in [0.25, 0.3) is 0 Å². The fourth-order valence-corrected chi connectivity index (χ4v) is 2.11. The minimum Gasteiger partial charge on any atom is -0.496 e. The number of amides is 1. The molecule has 0 atom stereocenters. The zero-order valence-electron chi connectivity index (χ0n) is 12.8. The Morgan fingerprint density at radius 2 is 1.83 bits per heavy atom. The molecular formula is C15H15BrN2O5. The van der Waals surface area contributed by atoms with Gasteiger partial charge in [0.05, 0.1) is 33.1 Å². The van der Waals surface area contributed by atoms with Gasteiger partial charge < -0.3 is 18.6 Å². The van der Waals surface area contributed by atoms with Crippen molar-refractivity contribution in [2.24, 2.45) is 5.10 Å². The van der Waals surface area contributed by atoms with Crippen molar-refractivity contribution in [3.05, 3.63) is 40.3 Å². The molecule has 8 heteroatoms. The number of halogens is 1. The maximum atomic E-state index is 11.8. The molecule has 0 aliphatic rings. The van der Waals surface area contributed by atoms with Crippen LogP contribution in [-0.4, -0.2) is 33.5 Å².